The second-order valence-electron chi connectivity index (χ2n) is 6.04. The topological polar surface area (TPSA) is 54.4 Å². The molecule has 0 aromatic carbocycles. The Kier molecular flexibility index (Phi) is 5.66. The third-order valence-corrected chi connectivity index (χ3v) is 6.16. The van der Waals surface area contributed by atoms with Gasteiger partial charge in [-0.2, -0.15) is 0 Å². The first-order chi connectivity index (χ1) is 8.31. The van der Waals surface area contributed by atoms with Gasteiger partial charge in [-0.25, -0.2) is 8.42 Å². The van der Waals surface area contributed by atoms with Crippen LogP contribution in [-0.4, -0.2) is 30.6 Å². The molecule has 1 aliphatic rings. The summed E-state index contributed by atoms with van der Waals surface area (Å²) in [5.74, 6) is 1.23. The van der Waals surface area contributed by atoms with Crippen molar-refractivity contribution in [3.8, 4) is 0 Å². The van der Waals surface area contributed by atoms with Crippen LogP contribution >= 0.6 is 0 Å². The predicted octanol–water partition coefficient (Wildman–Crippen LogP) is 2.78. The lowest BCUT2D eigenvalue weighted by Gasteiger charge is -2.42. The van der Waals surface area contributed by atoms with Crippen molar-refractivity contribution in [2.24, 2.45) is 11.8 Å². The van der Waals surface area contributed by atoms with Gasteiger partial charge in [-0.05, 0) is 37.5 Å². The van der Waals surface area contributed by atoms with E-state index in [0.717, 1.165) is 19.3 Å². The maximum Gasteiger partial charge on any atom is 0.150 e. The van der Waals surface area contributed by atoms with E-state index >= 15 is 0 Å². The van der Waals surface area contributed by atoms with Crippen LogP contribution in [0.25, 0.3) is 0 Å². The van der Waals surface area contributed by atoms with Gasteiger partial charge in [0.1, 0.15) is 9.84 Å². The molecule has 108 valence electrons. The first-order valence-corrected chi connectivity index (χ1v) is 9.05. The Balaban J connectivity index is 2.56. The van der Waals surface area contributed by atoms with Crippen LogP contribution in [0.3, 0.4) is 0 Å². The first-order valence-electron chi connectivity index (χ1n) is 7.23. The Morgan fingerprint density at radius 1 is 1.33 bits per heavy atom. The van der Waals surface area contributed by atoms with Crippen LogP contribution in [0.1, 0.15) is 59.3 Å². The summed E-state index contributed by atoms with van der Waals surface area (Å²) in [5.41, 5.74) is -0.629. The van der Waals surface area contributed by atoms with Gasteiger partial charge in [-0.1, -0.05) is 33.6 Å². The van der Waals surface area contributed by atoms with Crippen molar-refractivity contribution < 1.29 is 13.5 Å². The van der Waals surface area contributed by atoms with Crippen LogP contribution in [-0.2, 0) is 9.84 Å². The standard InChI is InChI=1S/C14H28O3S/c1-4-18(16,17)11-7-10-14(15)9-6-5-8-13(14)12(2)3/h12-13,15H,4-11H2,1-3H3. The fourth-order valence-electron chi connectivity index (χ4n) is 3.26. The number of sulfone groups is 1. The molecule has 0 heterocycles. The normalized spacial score (nSPS) is 29.7. The number of hydrogen-bond acceptors (Lipinski definition) is 3. The van der Waals surface area contributed by atoms with Gasteiger partial charge >= 0.3 is 0 Å². The highest BCUT2D eigenvalue weighted by atomic mass is 32.2. The minimum atomic E-state index is -2.90. The van der Waals surface area contributed by atoms with Crippen molar-refractivity contribution in [3.63, 3.8) is 0 Å². The van der Waals surface area contributed by atoms with Crippen molar-refractivity contribution in [2.45, 2.75) is 64.9 Å². The molecule has 0 amide bonds. The average molecular weight is 276 g/mol. The van der Waals surface area contributed by atoms with Gasteiger partial charge in [0, 0.05) is 5.75 Å². The fraction of sp³-hybridized carbons (Fsp3) is 1.00. The monoisotopic (exact) mass is 276 g/mol. The Bertz CT molecular complexity index is 348. The molecule has 0 radical (unpaired) electrons. The quantitative estimate of drug-likeness (QED) is 0.811. The van der Waals surface area contributed by atoms with E-state index < -0.39 is 15.4 Å². The molecule has 0 saturated heterocycles. The summed E-state index contributed by atoms with van der Waals surface area (Å²) in [5, 5.41) is 10.8. The predicted molar refractivity (Wildman–Crippen MR) is 75.3 cm³/mol. The maximum atomic E-state index is 11.5. The molecule has 1 saturated carbocycles. The van der Waals surface area contributed by atoms with E-state index in [1.807, 2.05) is 0 Å². The van der Waals surface area contributed by atoms with Crippen molar-refractivity contribution in [3.05, 3.63) is 0 Å². The molecule has 1 rings (SSSR count). The molecule has 2 unspecified atom stereocenters. The number of hydrogen-bond donors (Lipinski definition) is 1. The van der Waals surface area contributed by atoms with Gasteiger partial charge in [0.2, 0.25) is 0 Å². The smallest absolute Gasteiger partial charge is 0.150 e. The Morgan fingerprint density at radius 2 is 2.00 bits per heavy atom. The molecule has 0 spiro atoms. The second-order valence-corrected chi connectivity index (χ2v) is 8.51. The molecule has 0 bridgehead atoms. The molecule has 1 fully saturated rings. The van der Waals surface area contributed by atoms with Crippen molar-refractivity contribution in [1.29, 1.82) is 0 Å². The van der Waals surface area contributed by atoms with Crippen LogP contribution < -0.4 is 0 Å². The van der Waals surface area contributed by atoms with E-state index in [2.05, 4.69) is 13.8 Å². The van der Waals surface area contributed by atoms with Crippen LogP contribution in [0.5, 0.6) is 0 Å². The van der Waals surface area contributed by atoms with Crippen LogP contribution in [0.4, 0.5) is 0 Å². The number of rotatable bonds is 6. The summed E-state index contributed by atoms with van der Waals surface area (Å²) < 4.78 is 23.0. The zero-order valence-electron chi connectivity index (χ0n) is 12.0. The highest BCUT2D eigenvalue weighted by molar-refractivity contribution is 7.91. The highest BCUT2D eigenvalue weighted by Gasteiger charge is 2.39. The highest BCUT2D eigenvalue weighted by Crippen LogP contribution is 2.41. The molecular formula is C14H28O3S. The molecule has 4 heteroatoms. The van der Waals surface area contributed by atoms with E-state index in [9.17, 15) is 13.5 Å². The third-order valence-electron chi connectivity index (χ3n) is 4.37. The van der Waals surface area contributed by atoms with E-state index in [1.165, 1.54) is 6.42 Å². The van der Waals surface area contributed by atoms with E-state index in [1.54, 1.807) is 6.92 Å². The molecule has 1 aliphatic carbocycles. The van der Waals surface area contributed by atoms with Gasteiger partial charge in [0.25, 0.3) is 0 Å². The molecule has 2 atom stereocenters. The van der Waals surface area contributed by atoms with Crippen molar-refractivity contribution >= 4 is 9.84 Å². The minimum absolute atomic E-state index is 0.207. The fourth-order valence-corrected chi connectivity index (χ4v) is 4.13. The second kappa shape index (κ2) is 6.38. The summed E-state index contributed by atoms with van der Waals surface area (Å²) in [4.78, 5) is 0. The summed E-state index contributed by atoms with van der Waals surface area (Å²) in [6, 6.07) is 0. The Hall–Kier alpha value is -0.0900. The lowest BCUT2D eigenvalue weighted by atomic mass is 9.68. The van der Waals surface area contributed by atoms with Gasteiger partial charge in [-0.3, -0.25) is 0 Å². The van der Waals surface area contributed by atoms with Gasteiger partial charge in [0.15, 0.2) is 0 Å². The molecule has 0 aromatic rings. The van der Waals surface area contributed by atoms with Gasteiger partial charge in [0.05, 0.1) is 11.4 Å². The summed E-state index contributed by atoms with van der Waals surface area (Å²) in [6.07, 6.45) is 5.40. The van der Waals surface area contributed by atoms with Crippen molar-refractivity contribution in [2.75, 3.05) is 11.5 Å². The molecule has 0 aromatic heterocycles. The van der Waals surface area contributed by atoms with E-state index in [-0.39, 0.29) is 11.5 Å². The lowest BCUT2D eigenvalue weighted by Crippen LogP contribution is -2.43. The van der Waals surface area contributed by atoms with Crippen LogP contribution in [0, 0.1) is 11.8 Å². The van der Waals surface area contributed by atoms with Gasteiger partial charge < -0.3 is 5.11 Å². The number of aliphatic hydroxyl groups is 1. The van der Waals surface area contributed by atoms with E-state index in [0.29, 0.717) is 24.7 Å². The maximum absolute atomic E-state index is 11.5. The largest absolute Gasteiger partial charge is 0.390 e. The minimum Gasteiger partial charge on any atom is -0.390 e. The summed E-state index contributed by atoms with van der Waals surface area (Å²) >= 11 is 0. The average Bonchev–Trinajstić information content (AvgIpc) is 2.28. The lowest BCUT2D eigenvalue weighted by molar-refractivity contribution is -0.0721. The zero-order chi connectivity index (χ0) is 13.8. The van der Waals surface area contributed by atoms with Gasteiger partial charge in [-0.15, -0.1) is 0 Å². The molecular weight excluding hydrogens is 248 g/mol. The zero-order valence-corrected chi connectivity index (χ0v) is 12.8. The summed E-state index contributed by atoms with van der Waals surface area (Å²) in [6.45, 7) is 6.00. The van der Waals surface area contributed by atoms with Crippen molar-refractivity contribution in [1.82, 2.24) is 0 Å². The summed E-state index contributed by atoms with van der Waals surface area (Å²) in [7, 11) is -2.90. The first kappa shape index (κ1) is 16.0. The van der Waals surface area contributed by atoms with E-state index in [4.69, 9.17) is 0 Å². The van der Waals surface area contributed by atoms with Crippen LogP contribution in [0.15, 0.2) is 0 Å². The molecule has 3 nitrogen and oxygen atoms in total. The molecule has 1 N–H and O–H groups in total. The van der Waals surface area contributed by atoms with Crippen LogP contribution in [0.2, 0.25) is 0 Å². The molecule has 18 heavy (non-hydrogen) atoms. The SMILES string of the molecule is CCS(=O)(=O)CCCC1(O)CCCCC1C(C)C. The molecule has 0 aliphatic heterocycles. The Labute approximate surface area is 112 Å². The Morgan fingerprint density at radius 3 is 2.56 bits per heavy atom. The third kappa shape index (κ3) is 4.23.